The summed E-state index contributed by atoms with van der Waals surface area (Å²) in [5.74, 6) is 0.450. The summed E-state index contributed by atoms with van der Waals surface area (Å²) in [6.45, 7) is 1.53. The fourth-order valence-electron chi connectivity index (χ4n) is 2.87. The summed E-state index contributed by atoms with van der Waals surface area (Å²) >= 11 is 3.42. The molecule has 1 saturated heterocycles. The topological polar surface area (TPSA) is 67.0 Å². The van der Waals surface area contributed by atoms with E-state index in [2.05, 4.69) is 20.9 Å². The number of carbonyl (C=O) groups excluding carboxylic acids is 1. The van der Waals surface area contributed by atoms with Crippen LogP contribution >= 0.6 is 15.9 Å². The van der Waals surface area contributed by atoms with Gasteiger partial charge in [0.1, 0.15) is 0 Å². The molecule has 6 heteroatoms. The molecule has 1 aliphatic heterocycles. The lowest BCUT2D eigenvalue weighted by Gasteiger charge is -2.07. The van der Waals surface area contributed by atoms with Crippen LogP contribution in [0.4, 0.5) is 0 Å². The number of H-pyrrole nitrogens is 1. The van der Waals surface area contributed by atoms with Crippen molar-refractivity contribution >= 4 is 42.5 Å². The van der Waals surface area contributed by atoms with E-state index in [-0.39, 0.29) is 23.2 Å². The fourth-order valence-corrected chi connectivity index (χ4v) is 5.10. The van der Waals surface area contributed by atoms with Gasteiger partial charge < -0.3 is 4.98 Å². The average Bonchev–Trinajstić information content (AvgIpc) is 2.91. The summed E-state index contributed by atoms with van der Waals surface area (Å²) in [5, 5.41) is 0.937. The summed E-state index contributed by atoms with van der Waals surface area (Å²) in [5.41, 5.74) is 2.41. The van der Waals surface area contributed by atoms with Gasteiger partial charge in [-0.25, -0.2) is 8.42 Å². The van der Waals surface area contributed by atoms with Crippen LogP contribution in [-0.4, -0.2) is 30.7 Å². The van der Waals surface area contributed by atoms with Crippen LogP contribution in [0.5, 0.6) is 0 Å². The molecule has 1 fully saturated rings. The lowest BCUT2D eigenvalue weighted by atomic mass is 9.97. The Bertz CT molecular complexity index is 807. The molecule has 3 rings (SSSR count). The second-order valence-electron chi connectivity index (χ2n) is 5.28. The molecule has 1 aromatic heterocycles. The quantitative estimate of drug-likeness (QED) is 0.841. The van der Waals surface area contributed by atoms with Gasteiger partial charge in [0.2, 0.25) is 0 Å². The van der Waals surface area contributed by atoms with E-state index in [4.69, 9.17) is 0 Å². The highest BCUT2D eigenvalue weighted by Gasteiger charge is 2.30. The van der Waals surface area contributed by atoms with Crippen molar-refractivity contribution in [1.29, 1.82) is 0 Å². The van der Waals surface area contributed by atoms with E-state index in [1.807, 2.05) is 12.3 Å². The number of aromatic amines is 1. The lowest BCUT2D eigenvalue weighted by Crippen LogP contribution is -2.03. The molecule has 1 aromatic carbocycles. The van der Waals surface area contributed by atoms with Crippen molar-refractivity contribution in [2.75, 3.05) is 11.5 Å². The van der Waals surface area contributed by atoms with Gasteiger partial charge in [0.05, 0.1) is 17.0 Å². The number of rotatable bonds is 2. The minimum atomic E-state index is -2.92. The number of fused-ring (bicyclic) bond motifs is 1. The van der Waals surface area contributed by atoms with Crippen LogP contribution in [-0.2, 0) is 9.84 Å². The van der Waals surface area contributed by atoms with E-state index in [0.29, 0.717) is 12.0 Å². The number of aromatic nitrogens is 1. The molecular formula is C14H14BrNO3S. The standard InChI is InChI=1S/C14H14BrNO3S/c1-8(17)11-4-10(15)5-12-13(6-16-14(11)12)9-2-3-20(18,19)7-9/h4-6,9,16H,2-3,7H2,1H3. The summed E-state index contributed by atoms with van der Waals surface area (Å²) < 4.78 is 24.1. The third-order valence-electron chi connectivity index (χ3n) is 3.84. The Balaban J connectivity index is 2.17. The van der Waals surface area contributed by atoms with Crippen LogP contribution in [0.25, 0.3) is 10.9 Å². The van der Waals surface area contributed by atoms with E-state index in [0.717, 1.165) is 20.9 Å². The molecule has 20 heavy (non-hydrogen) atoms. The third kappa shape index (κ3) is 2.31. The first kappa shape index (κ1) is 13.8. The van der Waals surface area contributed by atoms with Crippen molar-refractivity contribution in [3.8, 4) is 0 Å². The van der Waals surface area contributed by atoms with Crippen molar-refractivity contribution in [1.82, 2.24) is 4.98 Å². The minimum absolute atomic E-state index is 0.0104. The highest BCUT2D eigenvalue weighted by Crippen LogP contribution is 2.36. The molecule has 2 aromatic rings. The van der Waals surface area contributed by atoms with Gasteiger partial charge in [0, 0.05) is 27.5 Å². The Kier molecular flexibility index (Phi) is 3.25. The van der Waals surface area contributed by atoms with Crippen molar-refractivity contribution < 1.29 is 13.2 Å². The number of hydrogen-bond acceptors (Lipinski definition) is 3. The molecule has 2 heterocycles. The number of sulfone groups is 1. The van der Waals surface area contributed by atoms with Crippen molar-refractivity contribution in [2.45, 2.75) is 19.3 Å². The molecule has 106 valence electrons. The molecule has 0 saturated carbocycles. The molecule has 1 N–H and O–H groups in total. The maximum Gasteiger partial charge on any atom is 0.161 e. The Morgan fingerprint density at radius 1 is 1.40 bits per heavy atom. The molecule has 0 amide bonds. The van der Waals surface area contributed by atoms with Crippen LogP contribution in [0.2, 0.25) is 0 Å². The van der Waals surface area contributed by atoms with Gasteiger partial charge in [-0.15, -0.1) is 0 Å². The fraction of sp³-hybridized carbons (Fsp3) is 0.357. The smallest absolute Gasteiger partial charge is 0.161 e. The number of Topliss-reactive ketones (excluding diaryl/α,β-unsaturated/α-hetero) is 1. The normalized spacial score (nSPS) is 21.4. The predicted octanol–water partition coefficient (Wildman–Crippen LogP) is 3.04. The molecule has 1 aliphatic rings. The molecule has 0 aliphatic carbocycles. The third-order valence-corrected chi connectivity index (χ3v) is 6.06. The summed E-state index contributed by atoms with van der Waals surface area (Å²) in [4.78, 5) is 14.8. The number of carbonyl (C=O) groups is 1. The lowest BCUT2D eigenvalue weighted by molar-refractivity contribution is 0.101. The van der Waals surface area contributed by atoms with E-state index in [1.165, 1.54) is 6.92 Å². The summed E-state index contributed by atoms with van der Waals surface area (Å²) in [7, 11) is -2.92. The Morgan fingerprint density at radius 2 is 2.15 bits per heavy atom. The first-order valence-corrected chi connectivity index (χ1v) is 9.01. The van der Waals surface area contributed by atoms with Gasteiger partial charge in [0.15, 0.2) is 15.6 Å². The first-order chi connectivity index (χ1) is 9.37. The molecule has 0 bridgehead atoms. The van der Waals surface area contributed by atoms with E-state index >= 15 is 0 Å². The zero-order valence-electron chi connectivity index (χ0n) is 10.9. The van der Waals surface area contributed by atoms with Gasteiger partial charge in [-0.05, 0) is 31.0 Å². The van der Waals surface area contributed by atoms with Crippen LogP contribution in [0.15, 0.2) is 22.8 Å². The highest BCUT2D eigenvalue weighted by molar-refractivity contribution is 9.10. The van der Waals surface area contributed by atoms with Crippen LogP contribution in [0.3, 0.4) is 0 Å². The van der Waals surface area contributed by atoms with Gasteiger partial charge in [0.25, 0.3) is 0 Å². The SMILES string of the molecule is CC(=O)c1cc(Br)cc2c(C3CCS(=O)(=O)C3)c[nH]c12. The number of ketones is 1. The molecule has 4 nitrogen and oxygen atoms in total. The van der Waals surface area contributed by atoms with Crippen molar-refractivity contribution in [2.24, 2.45) is 0 Å². The summed E-state index contributed by atoms with van der Waals surface area (Å²) in [6.07, 6.45) is 2.49. The largest absolute Gasteiger partial charge is 0.360 e. The highest BCUT2D eigenvalue weighted by atomic mass is 79.9. The maximum absolute atomic E-state index is 11.7. The van der Waals surface area contributed by atoms with Crippen LogP contribution in [0.1, 0.15) is 35.2 Å². The molecule has 0 spiro atoms. The van der Waals surface area contributed by atoms with Crippen LogP contribution in [0, 0.1) is 0 Å². The zero-order valence-corrected chi connectivity index (χ0v) is 13.3. The Morgan fingerprint density at radius 3 is 2.75 bits per heavy atom. The Hall–Kier alpha value is -1.14. The van der Waals surface area contributed by atoms with E-state index in [1.54, 1.807) is 6.07 Å². The first-order valence-electron chi connectivity index (χ1n) is 6.39. The zero-order chi connectivity index (χ0) is 14.5. The monoisotopic (exact) mass is 355 g/mol. The van der Waals surface area contributed by atoms with E-state index < -0.39 is 9.84 Å². The van der Waals surface area contributed by atoms with Gasteiger partial charge in [-0.3, -0.25) is 4.79 Å². The molecule has 1 atom stereocenters. The van der Waals surface area contributed by atoms with Gasteiger partial charge in [-0.2, -0.15) is 0 Å². The molecule has 1 unspecified atom stereocenters. The minimum Gasteiger partial charge on any atom is -0.360 e. The van der Waals surface area contributed by atoms with E-state index in [9.17, 15) is 13.2 Å². The molecular weight excluding hydrogens is 342 g/mol. The maximum atomic E-state index is 11.7. The predicted molar refractivity (Wildman–Crippen MR) is 82.0 cm³/mol. The number of nitrogens with one attached hydrogen (secondary N) is 1. The van der Waals surface area contributed by atoms with Gasteiger partial charge >= 0.3 is 0 Å². The number of halogens is 1. The second-order valence-corrected chi connectivity index (χ2v) is 8.42. The van der Waals surface area contributed by atoms with Crippen molar-refractivity contribution in [3.63, 3.8) is 0 Å². The average molecular weight is 356 g/mol. The number of hydrogen-bond donors (Lipinski definition) is 1. The van der Waals surface area contributed by atoms with Gasteiger partial charge in [-0.1, -0.05) is 15.9 Å². The Labute approximate surface area is 125 Å². The second kappa shape index (κ2) is 4.70. The van der Waals surface area contributed by atoms with Crippen LogP contribution < -0.4 is 0 Å². The summed E-state index contributed by atoms with van der Waals surface area (Å²) in [6, 6.07) is 3.73. The van der Waals surface area contributed by atoms with Crippen molar-refractivity contribution in [3.05, 3.63) is 33.9 Å². The molecule has 0 radical (unpaired) electrons. The number of benzene rings is 1.